The van der Waals surface area contributed by atoms with Crippen LogP contribution in [0.2, 0.25) is 0 Å². The van der Waals surface area contributed by atoms with Gasteiger partial charge >= 0.3 is 5.97 Å². The SMILES string of the molecule is C=Cc1nc2c(C(=O)OC)cc(-c3ccccc3)cn2n1. The molecule has 0 aliphatic rings. The average Bonchev–Trinajstić information content (AvgIpc) is 2.97. The molecule has 5 heteroatoms. The highest BCUT2D eigenvalue weighted by molar-refractivity contribution is 5.97. The minimum absolute atomic E-state index is 0.374. The van der Waals surface area contributed by atoms with Crippen LogP contribution in [0.3, 0.4) is 0 Å². The molecule has 21 heavy (non-hydrogen) atoms. The summed E-state index contributed by atoms with van der Waals surface area (Å²) < 4.78 is 6.41. The first-order valence-corrected chi connectivity index (χ1v) is 6.39. The zero-order valence-corrected chi connectivity index (χ0v) is 11.5. The fraction of sp³-hybridized carbons (Fsp3) is 0.0625. The van der Waals surface area contributed by atoms with Gasteiger partial charge in [0, 0.05) is 11.8 Å². The summed E-state index contributed by atoms with van der Waals surface area (Å²) in [7, 11) is 1.35. The molecule has 0 saturated heterocycles. The zero-order chi connectivity index (χ0) is 14.8. The van der Waals surface area contributed by atoms with Crippen molar-refractivity contribution in [3.05, 3.63) is 60.6 Å². The number of benzene rings is 1. The maximum atomic E-state index is 12.0. The van der Waals surface area contributed by atoms with Crippen molar-refractivity contribution < 1.29 is 9.53 Å². The van der Waals surface area contributed by atoms with E-state index in [1.54, 1.807) is 10.6 Å². The van der Waals surface area contributed by atoms with Crippen LogP contribution in [0.1, 0.15) is 16.2 Å². The molecule has 0 radical (unpaired) electrons. The Labute approximate surface area is 121 Å². The summed E-state index contributed by atoms with van der Waals surface area (Å²) in [6.45, 7) is 3.65. The number of hydrogen-bond donors (Lipinski definition) is 0. The van der Waals surface area contributed by atoms with E-state index in [-0.39, 0.29) is 0 Å². The number of ether oxygens (including phenoxy) is 1. The lowest BCUT2D eigenvalue weighted by Gasteiger charge is -2.06. The number of pyridine rings is 1. The number of rotatable bonds is 3. The molecule has 0 amide bonds. The van der Waals surface area contributed by atoms with Crippen molar-refractivity contribution >= 4 is 17.7 Å². The minimum atomic E-state index is -0.444. The standard InChI is InChI=1S/C16H13N3O2/c1-3-14-17-15-13(16(20)21-2)9-12(10-19(15)18-14)11-7-5-4-6-8-11/h3-10H,1H2,2H3. The molecule has 3 rings (SSSR count). The van der Waals surface area contributed by atoms with E-state index in [9.17, 15) is 4.79 Å². The summed E-state index contributed by atoms with van der Waals surface area (Å²) in [5, 5.41) is 4.27. The fourth-order valence-electron chi connectivity index (χ4n) is 2.14. The number of hydrogen-bond acceptors (Lipinski definition) is 4. The molecule has 0 aliphatic carbocycles. The van der Waals surface area contributed by atoms with Crippen LogP contribution in [0.25, 0.3) is 22.9 Å². The second kappa shape index (κ2) is 5.20. The van der Waals surface area contributed by atoms with Crippen LogP contribution >= 0.6 is 0 Å². The highest BCUT2D eigenvalue weighted by Gasteiger charge is 2.16. The molecule has 0 spiro atoms. The van der Waals surface area contributed by atoms with Crippen LogP contribution in [-0.4, -0.2) is 27.7 Å². The summed E-state index contributed by atoms with van der Waals surface area (Å²) in [5.41, 5.74) is 2.68. The third kappa shape index (κ3) is 2.29. The van der Waals surface area contributed by atoms with E-state index in [0.717, 1.165) is 11.1 Å². The zero-order valence-electron chi connectivity index (χ0n) is 11.5. The summed E-state index contributed by atoms with van der Waals surface area (Å²) in [6, 6.07) is 11.5. The number of esters is 1. The Morgan fingerprint density at radius 3 is 2.71 bits per heavy atom. The third-order valence-electron chi connectivity index (χ3n) is 3.14. The second-order valence-corrected chi connectivity index (χ2v) is 4.44. The van der Waals surface area contributed by atoms with Gasteiger partial charge in [-0.2, -0.15) is 0 Å². The van der Waals surface area contributed by atoms with Crippen molar-refractivity contribution in [2.24, 2.45) is 0 Å². The van der Waals surface area contributed by atoms with Crippen molar-refractivity contribution in [1.29, 1.82) is 0 Å². The molecule has 0 atom stereocenters. The van der Waals surface area contributed by atoms with E-state index >= 15 is 0 Å². The topological polar surface area (TPSA) is 56.5 Å². The molecule has 0 unspecified atom stereocenters. The quantitative estimate of drug-likeness (QED) is 0.692. The first-order chi connectivity index (χ1) is 10.2. The van der Waals surface area contributed by atoms with Gasteiger partial charge in [-0.05, 0) is 17.7 Å². The molecule has 2 aromatic heterocycles. The van der Waals surface area contributed by atoms with Crippen LogP contribution in [0, 0.1) is 0 Å². The van der Waals surface area contributed by atoms with Crippen molar-refractivity contribution in [3.63, 3.8) is 0 Å². The Morgan fingerprint density at radius 2 is 2.05 bits per heavy atom. The molecule has 3 aromatic rings. The molecule has 104 valence electrons. The van der Waals surface area contributed by atoms with Crippen LogP contribution < -0.4 is 0 Å². The molecule has 5 nitrogen and oxygen atoms in total. The maximum Gasteiger partial charge on any atom is 0.341 e. The Hall–Kier alpha value is -2.95. The van der Waals surface area contributed by atoms with Crippen molar-refractivity contribution in [1.82, 2.24) is 14.6 Å². The van der Waals surface area contributed by atoms with E-state index in [1.165, 1.54) is 13.2 Å². The van der Waals surface area contributed by atoms with Gasteiger partial charge in [0.15, 0.2) is 11.5 Å². The van der Waals surface area contributed by atoms with Crippen LogP contribution in [0.4, 0.5) is 0 Å². The van der Waals surface area contributed by atoms with E-state index in [2.05, 4.69) is 16.7 Å². The molecule has 0 saturated carbocycles. The number of carbonyl (C=O) groups is 1. The van der Waals surface area contributed by atoms with Crippen LogP contribution in [0.15, 0.2) is 49.2 Å². The molecular weight excluding hydrogens is 266 g/mol. The molecule has 0 aliphatic heterocycles. The number of carbonyl (C=O) groups excluding carboxylic acids is 1. The van der Waals surface area contributed by atoms with Gasteiger partial charge in [0.25, 0.3) is 0 Å². The number of nitrogens with zero attached hydrogens (tertiary/aromatic N) is 3. The minimum Gasteiger partial charge on any atom is -0.465 e. The van der Waals surface area contributed by atoms with Gasteiger partial charge in [-0.25, -0.2) is 14.3 Å². The molecule has 2 heterocycles. The van der Waals surface area contributed by atoms with Gasteiger partial charge < -0.3 is 4.74 Å². The van der Waals surface area contributed by atoms with Crippen molar-refractivity contribution in [2.75, 3.05) is 7.11 Å². The Kier molecular flexibility index (Phi) is 3.23. The maximum absolute atomic E-state index is 12.0. The molecule has 1 aromatic carbocycles. The fourth-order valence-corrected chi connectivity index (χ4v) is 2.14. The van der Waals surface area contributed by atoms with Crippen LogP contribution in [0.5, 0.6) is 0 Å². The normalized spacial score (nSPS) is 10.5. The first-order valence-electron chi connectivity index (χ1n) is 6.39. The van der Waals surface area contributed by atoms with Gasteiger partial charge in [-0.3, -0.25) is 0 Å². The van der Waals surface area contributed by atoms with E-state index < -0.39 is 5.97 Å². The molecule has 0 fully saturated rings. The Balaban J connectivity index is 2.28. The van der Waals surface area contributed by atoms with Gasteiger partial charge in [-0.1, -0.05) is 36.9 Å². The van der Waals surface area contributed by atoms with Gasteiger partial charge in [0.2, 0.25) is 0 Å². The van der Waals surface area contributed by atoms with Crippen molar-refractivity contribution in [2.45, 2.75) is 0 Å². The highest BCUT2D eigenvalue weighted by atomic mass is 16.5. The van der Waals surface area contributed by atoms with E-state index in [4.69, 9.17) is 4.74 Å². The van der Waals surface area contributed by atoms with E-state index in [1.807, 2.05) is 36.5 Å². The summed E-state index contributed by atoms with van der Waals surface area (Å²) >= 11 is 0. The molecule has 0 bridgehead atoms. The smallest absolute Gasteiger partial charge is 0.341 e. The van der Waals surface area contributed by atoms with Crippen molar-refractivity contribution in [3.8, 4) is 11.1 Å². The number of methoxy groups -OCH3 is 1. The first kappa shape index (κ1) is 13.1. The van der Waals surface area contributed by atoms with Gasteiger partial charge in [0.05, 0.1) is 7.11 Å². The van der Waals surface area contributed by atoms with Gasteiger partial charge in [0.1, 0.15) is 5.56 Å². The van der Waals surface area contributed by atoms with Crippen LogP contribution in [-0.2, 0) is 4.74 Å². The monoisotopic (exact) mass is 279 g/mol. The lowest BCUT2D eigenvalue weighted by Crippen LogP contribution is -2.05. The van der Waals surface area contributed by atoms with Gasteiger partial charge in [-0.15, -0.1) is 5.10 Å². The lowest BCUT2D eigenvalue weighted by atomic mass is 10.1. The van der Waals surface area contributed by atoms with E-state index in [0.29, 0.717) is 17.0 Å². The lowest BCUT2D eigenvalue weighted by molar-refractivity contribution is 0.0602. The third-order valence-corrected chi connectivity index (χ3v) is 3.14. The Bertz CT molecular complexity index is 822. The summed E-state index contributed by atoms with van der Waals surface area (Å²) in [6.07, 6.45) is 3.37. The molecular formula is C16H13N3O2. The summed E-state index contributed by atoms with van der Waals surface area (Å²) in [5.74, 6) is 0.0196. The number of fused-ring (bicyclic) bond motifs is 1. The number of aromatic nitrogens is 3. The summed E-state index contributed by atoms with van der Waals surface area (Å²) in [4.78, 5) is 16.2. The predicted molar refractivity (Wildman–Crippen MR) is 79.9 cm³/mol. The second-order valence-electron chi connectivity index (χ2n) is 4.44. The average molecular weight is 279 g/mol. The highest BCUT2D eigenvalue weighted by Crippen LogP contribution is 2.23. The largest absolute Gasteiger partial charge is 0.465 e. The Morgan fingerprint density at radius 1 is 1.29 bits per heavy atom. The molecule has 0 N–H and O–H groups in total. The predicted octanol–water partition coefficient (Wildman–Crippen LogP) is 2.83.